The SMILES string of the molecule is O=C(C/C(=N\Nc1ccccc1)c1ccccc1)c1ccc(Cl)cc1. The van der Waals surface area contributed by atoms with Gasteiger partial charge in [-0.2, -0.15) is 5.10 Å². The van der Waals surface area contributed by atoms with E-state index in [-0.39, 0.29) is 12.2 Å². The van der Waals surface area contributed by atoms with Crippen molar-refractivity contribution >= 4 is 28.8 Å². The average Bonchev–Trinajstić information content (AvgIpc) is 2.67. The quantitative estimate of drug-likeness (QED) is 0.366. The number of Topliss-reactive ketones (excluding diaryl/α,β-unsaturated/α-hetero) is 1. The Kier molecular flexibility index (Phi) is 5.60. The fourth-order valence-corrected chi connectivity index (χ4v) is 2.50. The molecule has 124 valence electrons. The summed E-state index contributed by atoms with van der Waals surface area (Å²) < 4.78 is 0. The van der Waals surface area contributed by atoms with Crippen molar-refractivity contribution in [2.24, 2.45) is 5.10 Å². The summed E-state index contributed by atoms with van der Waals surface area (Å²) in [6, 6.07) is 26.2. The number of benzene rings is 3. The van der Waals surface area contributed by atoms with E-state index in [0.717, 1.165) is 11.3 Å². The smallest absolute Gasteiger partial charge is 0.168 e. The molecule has 0 aliphatic rings. The van der Waals surface area contributed by atoms with Crippen molar-refractivity contribution in [3.63, 3.8) is 0 Å². The van der Waals surface area contributed by atoms with Crippen LogP contribution in [0.2, 0.25) is 5.02 Å². The summed E-state index contributed by atoms with van der Waals surface area (Å²) in [4.78, 5) is 12.6. The summed E-state index contributed by atoms with van der Waals surface area (Å²) in [6.45, 7) is 0. The highest BCUT2D eigenvalue weighted by Crippen LogP contribution is 2.14. The van der Waals surface area contributed by atoms with E-state index in [0.29, 0.717) is 16.3 Å². The van der Waals surface area contributed by atoms with Gasteiger partial charge in [0, 0.05) is 10.6 Å². The lowest BCUT2D eigenvalue weighted by atomic mass is 10.0. The molecule has 4 heteroatoms. The molecule has 0 saturated heterocycles. The van der Waals surface area contributed by atoms with E-state index in [9.17, 15) is 4.79 Å². The zero-order chi connectivity index (χ0) is 17.5. The molecule has 3 aromatic rings. The summed E-state index contributed by atoms with van der Waals surface area (Å²) in [5, 5.41) is 5.08. The van der Waals surface area contributed by atoms with E-state index in [2.05, 4.69) is 10.5 Å². The molecular weight excluding hydrogens is 332 g/mol. The van der Waals surface area contributed by atoms with E-state index >= 15 is 0 Å². The molecule has 3 aromatic carbocycles. The van der Waals surface area contributed by atoms with Gasteiger partial charge in [-0.1, -0.05) is 60.1 Å². The molecule has 0 saturated carbocycles. The molecule has 0 fully saturated rings. The van der Waals surface area contributed by atoms with Crippen LogP contribution in [0.25, 0.3) is 0 Å². The highest BCUT2D eigenvalue weighted by atomic mass is 35.5. The second-order valence-corrected chi connectivity index (χ2v) is 5.95. The Morgan fingerprint density at radius 2 is 1.40 bits per heavy atom. The Labute approximate surface area is 152 Å². The van der Waals surface area contributed by atoms with Gasteiger partial charge >= 0.3 is 0 Å². The minimum Gasteiger partial charge on any atom is -0.294 e. The van der Waals surface area contributed by atoms with Gasteiger partial charge < -0.3 is 0 Å². The number of carbonyl (C=O) groups excluding carboxylic acids is 1. The van der Waals surface area contributed by atoms with E-state index in [1.165, 1.54) is 0 Å². The van der Waals surface area contributed by atoms with Gasteiger partial charge in [0.2, 0.25) is 0 Å². The molecule has 0 radical (unpaired) electrons. The third-order valence-corrected chi connectivity index (χ3v) is 3.95. The van der Waals surface area contributed by atoms with Crippen LogP contribution >= 0.6 is 11.6 Å². The molecule has 0 amide bonds. The summed E-state index contributed by atoms with van der Waals surface area (Å²) >= 11 is 5.89. The summed E-state index contributed by atoms with van der Waals surface area (Å²) in [6.07, 6.45) is 0.200. The highest BCUT2D eigenvalue weighted by Gasteiger charge is 2.12. The van der Waals surface area contributed by atoms with Crippen LogP contribution in [0.15, 0.2) is 90.0 Å². The second-order valence-electron chi connectivity index (χ2n) is 5.51. The number of hydrogen-bond donors (Lipinski definition) is 1. The molecule has 1 N–H and O–H groups in total. The normalized spacial score (nSPS) is 11.2. The van der Waals surface area contributed by atoms with Crippen LogP contribution in [0.3, 0.4) is 0 Å². The molecule has 0 spiro atoms. The minimum atomic E-state index is -0.00543. The molecule has 25 heavy (non-hydrogen) atoms. The Morgan fingerprint density at radius 3 is 2.04 bits per heavy atom. The molecule has 0 heterocycles. The van der Waals surface area contributed by atoms with Crippen molar-refractivity contribution in [3.8, 4) is 0 Å². The molecule has 0 unspecified atom stereocenters. The zero-order valence-electron chi connectivity index (χ0n) is 13.5. The number of ketones is 1. The Hall–Kier alpha value is -2.91. The number of para-hydroxylation sites is 1. The van der Waals surface area contributed by atoms with E-state index < -0.39 is 0 Å². The molecule has 0 aromatic heterocycles. The van der Waals surface area contributed by atoms with Crippen molar-refractivity contribution in [1.29, 1.82) is 0 Å². The van der Waals surface area contributed by atoms with Crippen LogP contribution in [0, 0.1) is 0 Å². The van der Waals surface area contributed by atoms with Gasteiger partial charge in [0.15, 0.2) is 5.78 Å². The Balaban J connectivity index is 1.83. The van der Waals surface area contributed by atoms with Crippen LogP contribution in [0.5, 0.6) is 0 Å². The second kappa shape index (κ2) is 8.27. The van der Waals surface area contributed by atoms with Crippen LogP contribution < -0.4 is 5.43 Å². The van der Waals surface area contributed by atoms with Crippen molar-refractivity contribution in [2.45, 2.75) is 6.42 Å². The topological polar surface area (TPSA) is 41.5 Å². The molecule has 0 atom stereocenters. The van der Waals surface area contributed by atoms with Crippen molar-refractivity contribution in [2.75, 3.05) is 5.43 Å². The molecule has 0 aliphatic carbocycles. The molecule has 3 nitrogen and oxygen atoms in total. The zero-order valence-corrected chi connectivity index (χ0v) is 14.3. The summed E-state index contributed by atoms with van der Waals surface area (Å²) in [5.74, 6) is -0.00543. The average molecular weight is 349 g/mol. The molecule has 3 rings (SSSR count). The third kappa shape index (κ3) is 4.78. The van der Waals surface area contributed by atoms with E-state index in [1.54, 1.807) is 24.3 Å². The first-order valence-corrected chi connectivity index (χ1v) is 8.32. The van der Waals surface area contributed by atoms with Crippen LogP contribution in [-0.4, -0.2) is 11.5 Å². The maximum absolute atomic E-state index is 12.6. The molecular formula is C21H17ClN2O. The van der Waals surface area contributed by atoms with Crippen molar-refractivity contribution in [1.82, 2.24) is 0 Å². The third-order valence-electron chi connectivity index (χ3n) is 3.69. The predicted octanol–water partition coefficient (Wildman–Crippen LogP) is 5.43. The van der Waals surface area contributed by atoms with Crippen molar-refractivity contribution < 1.29 is 4.79 Å². The number of hydrazone groups is 1. The number of carbonyl (C=O) groups is 1. The van der Waals surface area contributed by atoms with Crippen LogP contribution in [0.1, 0.15) is 22.3 Å². The fraction of sp³-hybridized carbons (Fsp3) is 0.0476. The number of hydrogen-bond acceptors (Lipinski definition) is 3. The molecule has 0 bridgehead atoms. The molecule has 0 aliphatic heterocycles. The number of halogens is 1. The number of nitrogens with one attached hydrogen (secondary N) is 1. The number of nitrogens with zero attached hydrogens (tertiary/aromatic N) is 1. The maximum Gasteiger partial charge on any atom is 0.168 e. The first kappa shape index (κ1) is 16.9. The predicted molar refractivity (Wildman–Crippen MR) is 103 cm³/mol. The van der Waals surface area contributed by atoms with Gasteiger partial charge in [0.1, 0.15) is 0 Å². The Morgan fingerprint density at radius 1 is 0.800 bits per heavy atom. The summed E-state index contributed by atoms with van der Waals surface area (Å²) in [5.41, 5.74) is 6.11. The first-order chi connectivity index (χ1) is 12.2. The summed E-state index contributed by atoms with van der Waals surface area (Å²) in [7, 11) is 0. The monoisotopic (exact) mass is 348 g/mol. The van der Waals surface area contributed by atoms with Crippen LogP contribution in [0.4, 0.5) is 5.69 Å². The minimum absolute atomic E-state index is 0.00543. The Bertz CT molecular complexity index is 859. The van der Waals surface area contributed by atoms with Crippen LogP contribution in [-0.2, 0) is 0 Å². The van der Waals surface area contributed by atoms with Gasteiger partial charge in [-0.15, -0.1) is 0 Å². The van der Waals surface area contributed by atoms with Gasteiger partial charge in [-0.3, -0.25) is 10.2 Å². The fourth-order valence-electron chi connectivity index (χ4n) is 2.37. The van der Waals surface area contributed by atoms with E-state index in [4.69, 9.17) is 11.6 Å². The lowest BCUT2D eigenvalue weighted by molar-refractivity contribution is 0.100. The van der Waals surface area contributed by atoms with Gasteiger partial charge in [0.05, 0.1) is 17.8 Å². The van der Waals surface area contributed by atoms with Gasteiger partial charge in [-0.25, -0.2) is 0 Å². The lowest BCUT2D eigenvalue weighted by Crippen LogP contribution is -2.11. The van der Waals surface area contributed by atoms with E-state index in [1.807, 2.05) is 60.7 Å². The standard InChI is InChI=1S/C21H17ClN2O/c22-18-13-11-17(12-14-18)21(25)15-20(16-7-3-1-4-8-16)24-23-19-9-5-2-6-10-19/h1-14,23H,15H2/b24-20+. The van der Waals surface area contributed by atoms with Crippen molar-refractivity contribution in [3.05, 3.63) is 101 Å². The first-order valence-electron chi connectivity index (χ1n) is 7.94. The maximum atomic E-state index is 12.6. The lowest BCUT2D eigenvalue weighted by Gasteiger charge is -2.08. The number of rotatable bonds is 6. The number of anilines is 1. The largest absolute Gasteiger partial charge is 0.294 e. The van der Waals surface area contributed by atoms with Gasteiger partial charge in [-0.05, 0) is 42.0 Å². The van der Waals surface area contributed by atoms with Gasteiger partial charge in [0.25, 0.3) is 0 Å². The highest BCUT2D eigenvalue weighted by molar-refractivity contribution is 6.30.